The minimum Gasteiger partial charge on any atom is -0.379 e. The van der Waals surface area contributed by atoms with Crippen molar-refractivity contribution in [1.29, 1.82) is 0 Å². The van der Waals surface area contributed by atoms with Gasteiger partial charge >= 0.3 is 0 Å². The molecule has 0 aliphatic carbocycles. The van der Waals surface area contributed by atoms with Crippen molar-refractivity contribution in [3.05, 3.63) is 51.2 Å². The summed E-state index contributed by atoms with van der Waals surface area (Å²) >= 11 is 6.93. The maximum atomic E-state index is 3.51. The van der Waals surface area contributed by atoms with Gasteiger partial charge in [-0.3, -0.25) is 0 Å². The van der Waals surface area contributed by atoms with E-state index in [1.165, 1.54) is 5.69 Å². The Hall–Kier alpha value is -0.740. The number of aromatic nitrogens is 1. The molecule has 0 fully saturated rings. The molecule has 2 N–H and O–H groups in total. The minimum atomic E-state index is 0.799. The molecule has 0 aliphatic heterocycles. The van der Waals surface area contributed by atoms with Crippen LogP contribution >= 0.6 is 31.9 Å². The second-order valence-corrected chi connectivity index (χ2v) is 4.94. The Labute approximate surface area is 105 Å². The Balaban J connectivity index is 2.05. The van der Waals surface area contributed by atoms with Gasteiger partial charge in [0.25, 0.3) is 0 Å². The predicted molar refractivity (Wildman–Crippen MR) is 70.0 cm³/mol. The molecule has 0 saturated heterocycles. The Bertz CT molecular complexity index is 438. The van der Waals surface area contributed by atoms with Crippen molar-refractivity contribution in [2.45, 2.75) is 6.54 Å². The molecule has 78 valence electrons. The van der Waals surface area contributed by atoms with Crippen molar-refractivity contribution < 1.29 is 0 Å². The Kier molecular flexibility index (Phi) is 3.49. The van der Waals surface area contributed by atoms with Gasteiger partial charge in [0, 0.05) is 26.5 Å². The number of H-pyrrole nitrogens is 1. The monoisotopic (exact) mass is 328 g/mol. The normalized spacial score (nSPS) is 10.3. The third-order valence-corrected chi connectivity index (χ3v) is 3.21. The van der Waals surface area contributed by atoms with Gasteiger partial charge in [-0.25, -0.2) is 0 Å². The molecule has 1 aromatic carbocycles. The van der Waals surface area contributed by atoms with E-state index in [0.29, 0.717) is 0 Å². The summed E-state index contributed by atoms with van der Waals surface area (Å²) in [4.78, 5) is 3.15. The Morgan fingerprint density at radius 3 is 2.73 bits per heavy atom. The summed E-state index contributed by atoms with van der Waals surface area (Å²) < 4.78 is 2.13. The number of nitrogens with one attached hydrogen (secondary N) is 2. The van der Waals surface area contributed by atoms with Crippen molar-refractivity contribution in [2.75, 3.05) is 5.32 Å². The van der Waals surface area contributed by atoms with Crippen molar-refractivity contribution in [3.63, 3.8) is 0 Å². The molecule has 2 rings (SSSR count). The molecule has 2 nitrogen and oxygen atoms in total. The average molecular weight is 330 g/mol. The number of aromatic amines is 1. The van der Waals surface area contributed by atoms with Gasteiger partial charge in [0.05, 0.1) is 6.54 Å². The molecule has 1 heterocycles. The van der Waals surface area contributed by atoms with Gasteiger partial charge in [0.2, 0.25) is 0 Å². The molecule has 0 amide bonds. The van der Waals surface area contributed by atoms with Crippen molar-refractivity contribution in [3.8, 4) is 0 Å². The zero-order valence-electron chi connectivity index (χ0n) is 7.93. The number of halogens is 2. The maximum Gasteiger partial charge on any atom is 0.0551 e. The zero-order valence-corrected chi connectivity index (χ0v) is 11.1. The Morgan fingerprint density at radius 2 is 2.07 bits per heavy atom. The minimum absolute atomic E-state index is 0.799. The highest BCUT2D eigenvalue weighted by atomic mass is 79.9. The first-order valence-corrected chi connectivity index (χ1v) is 6.15. The fourth-order valence-electron chi connectivity index (χ4n) is 1.30. The lowest BCUT2D eigenvalue weighted by atomic mass is 10.3. The zero-order chi connectivity index (χ0) is 10.7. The van der Waals surface area contributed by atoms with E-state index < -0.39 is 0 Å². The topological polar surface area (TPSA) is 27.8 Å². The van der Waals surface area contributed by atoms with Crippen LogP contribution in [0.15, 0.2) is 45.5 Å². The molecule has 0 aliphatic rings. The third kappa shape index (κ3) is 2.86. The van der Waals surface area contributed by atoms with Gasteiger partial charge in [-0.1, -0.05) is 15.9 Å². The average Bonchev–Trinajstić information content (AvgIpc) is 2.69. The van der Waals surface area contributed by atoms with E-state index in [4.69, 9.17) is 0 Å². The van der Waals surface area contributed by atoms with Gasteiger partial charge in [0.1, 0.15) is 0 Å². The first-order chi connectivity index (χ1) is 7.25. The van der Waals surface area contributed by atoms with Crippen LogP contribution < -0.4 is 5.32 Å². The van der Waals surface area contributed by atoms with Gasteiger partial charge in [-0.05, 0) is 46.3 Å². The number of hydrogen-bond donors (Lipinski definition) is 2. The van der Waals surface area contributed by atoms with Crippen LogP contribution in [0.5, 0.6) is 0 Å². The molecular formula is C11H10Br2N2. The second-order valence-electron chi connectivity index (χ2n) is 3.17. The van der Waals surface area contributed by atoms with Crippen molar-refractivity contribution >= 4 is 37.5 Å². The Morgan fingerprint density at radius 1 is 1.20 bits per heavy atom. The molecule has 2 aromatic rings. The number of hydrogen-bond acceptors (Lipinski definition) is 1. The molecule has 0 atom stereocenters. The lowest BCUT2D eigenvalue weighted by Crippen LogP contribution is -1.99. The van der Waals surface area contributed by atoms with E-state index in [-0.39, 0.29) is 0 Å². The second kappa shape index (κ2) is 4.86. The fourth-order valence-corrected chi connectivity index (χ4v) is 2.49. The maximum absolute atomic E-state index is 3.51. The molecule has 1 aromatic heterocycles. The number of rotatable bonds is 3. The summed E-state index contributed by atoms with van der Waals surface area (Å²) in [6, 6.07) is 10.1. The van der Waals surface area contributed by atoms with Crippen LogP contribution in [-0.2, 0) is 6.54 Å². The smallest absolute Gasteiger partial charge is 0.0551 e. The van der Waals surface area contributed by atoms with Crippen LogP contribution in [0.25, 0.3) is 0 Å². The molecule has 4 heteroatoms. The first kappa shape index (κ1) is 10.8. The summed E-state index contributed by atoms with van der Waals surface area (Å²) in [7, 11) is 0. The lowest BCUT2D eigenvalue weighted by molar-refractivity contribution is 1.07. The predicted octanol–water partition coefficient (Wildman–Crippen LogP) is 4.15. The van der Waals surface area contributed by atoms with Gasteiger partial charge in [0.15, 0.2) is 0 Å². The molecule has 0 radical (unpaired) electrons. The molecule has 0 unspecified atom stereocenters. The van der Waals surface area contributed by atoms with Crippen LogP contribution in [0.4, 0.5) is 5.69 Å². The molecule has 0 spiro atoms. The van der Waals surface area contributed by atoms with E-state index in [0.717, 1.165) is 21.2 Å². The van der Waals surface area contributed by atoms with Crippen LogP contribution in [0, 0.1) is 0 Å². The van der Waals surface area contributed by atoms with E-state index in [9.17, 15) is 0 Å². The third-order valence-electron chi connectivity index (χ3n) is 2.06. The summed E-state index contributed by atoms with van der Waals surface area (Å²) in [5.41, 5.74) is 2.26. The van der Waals surface area contributed by atoms with Crippen molar-refractivity contribution in [2.24, 2.45) is 0 Å². The van der Waals surface area contributed by atoms with Crippen LogP contribution in [-0.4, -0.2) is 4.98 Å². The first-order valence-electron chi connectivity index (χ1n) is 4.57. The van der Waals surface area contributed by atoms with E-state index in [1.807, 2.05) is 30.5 Å². The molecule has 0 saturated carbocycles. The number of benzene rings is 1. The molecule has 0 bridgehead atoms. The van der Waals surface area contributed by atoms with Gasteiger partial charge in [-0.15, -0.1) is 0 Å². The SMILES string of the molecule is Brc1ccc(NCc2ccc[nH]2)c(Br)c1. The summed E-state index contributed by atoms with van der Waals surface area (Å²) in [5, 5.41) is 3.34. The highest BCUT2D eigenvalue weighted by Crippen LogP contribution is 2.26. The summed E-state index contributed by atoms with van der Waals surface area (Å²) in [6.45, 7) is 0.799. The molecular weight excluding hydrogens is 320 g/mol. The summed E-state index contributed by atoms with van der Waals surface area (Å²) in [5.74, 6) is 0. The van der Waals surface area contributed by atoms with Gasteiger partial charge in [-0.2, -0.15) is 0 Å². The van der Waals surface area contributed by atoms with Crippen molar-refractivity contribution in [1.82, 2.24) is 4.98 Å². The lowest BCUT2D eigenvalue weighted by Gasteiger charge is -2.07. The highest BCUT2D eigenvalue weighted by Gasteiger charge is 2.00. The van der Waals surface area contributed by atoms with E-state index in [2.05, 4.69) is 48.2 Å². The number of anilines is 1. The van der Waals surface area contributed by atoms with Crippen LogP contribution in [0.2, 0.25) is 0 Å². The fraction of sp³-hybridized carbons (Fsp3) is 0.0909. The van der Waals surface area contributed by atoms with E-state index >= 15 is 0 Å². The van der Waals surface area contributed by atoms with Crippen LogP contribution in [0.1, 0.15) is 5.69 Å². The molecule has 15 heavy (non-hydrogen) atoms. The largest absolute Gasteiger partial charge is 0.379 e. The van der Waals surface area contributed by atoms with E-state index in [1.54, 1.807) is 0 Å². The van der Waals surface area contributed by atoms with Crippen LogP contribution in [0.3, 0.4) is 0 Å². The highest BCUT2D eigenvalue weighted by molar-refractivity contribution is 9.11. The standard InChI is InChI=1S/C11H10Br2N2/c12-8-3-4-11(10(13)6-8)15-7-9-2-1-5-14-9/h1-6,14-15H,7H2. The quantitative estimate of drug-likeness (QED) is 0.869. The summed E-state index contributed by atoms with van der Waals surface area (Å²) in [6.07, 6.45) is 1.92. The van der Waals surface area contributed by atoms with Gasteiger partial charge < -0.3 is 10.3 Å².